The van der Waals surface area contributed by atoms with Crippen molar-refractivity contribution in [3.63, 3.8) is 0 Å². The molecule has 1 aromatic heterocycles. The Bertz CT molecular complexity index is 625. The standard InChI is InChI=1S/C12H9Cl2FN4O/c1-16-10-3-2-9(18-19-10)12(20)17-11-7(13)4-6(15)5-8(11)14/h2-5H,1H3,(H,16,19)(H,17,20). The van der Waals surface area contributed by atoms with Gasteiger partial charge in [-0.2, -0.15) is 0 Å². The fourth-order valence-corrected chi connectivity index (χ4v) is 1.98. The molecule has 8 heteroatoms. The first-order chi connectivity index (χ1) is 9.51. The van der Waals surface area contributed by atoms with Crippen molar-refractivity contribution in [3.8, 4) is 0 Å². The fourth-order valence-electron chi connectivity index (χ4n) is 1.43. The molecule has 0 unspecified atom stereocenters. The van der Waals surface area contributed by atoms with Crippen LogP contribution in [0.5, 0.6) is 0 Å². The monoisotopic (exact) mass is 314 g/mol. The highest BCUT2D eigenvalue weighted by Gasteiger charge is 2.14. The Morgan fingerprint density at radius 1 is 1.20 bits per heavy atom. The van der Waals surface area contributed by atoms with Gasteiger partial charge in [0.25, 0.3) is 5.91 Å². The SMILES string of the molecule is CNc1ccc(C(=O)Nc2c(Cl)cc(F)cc2Cl)nn1. The van der Waals surface area contributed by atoms with Crippen LogP contribution in [0.3, 0.4) is 0 Å². The number of benzene rings is 1. The third-order valence-corrected chi connectivity index (χ3v) is 2.99. The van der Waals surface area contributed by atoms with Crippen LogP contribution in [0.2, 0.25) is 10.0 Å². The van der Waals surface area contributed by atoms with Gasteiger partial charge < -0.3 is 10.6 Å². The summed E-state index contributed by atoms with van der Waals surface area (Å²) in [5, 5.41) is 12.8. The van der Waals surface area contributed by atoms with E-state index < -0.39 is 11.7 Å². The summed E-state index contributed by atoms with van der Waals surface area (Å²) in [6.07, 6.45) is 0. The van der Waals surface area contributed by atoms with Gasteiger partial charge in [0.15, 0.2) is 5.69 Å². The van der Waals surface area contributed by atoms with Gasteiger partial charge in [-0.1, -0.05) is 23.2 Å². The van der Waals surface area contributed by atoms with Crippen LogP contribution in [0.25, 0.3) is 0 Å². The second-order valence-corrected chi connectivity index (χ2v) is 4.57. The zero-order chi connectivity index (χ0) is 14.7. The van der Waals surface area contributed by atoms with E-state index in [9.17, 15) is 9.18 Å². The van der Waals surface area contributed by atoms with E-state index in [1.807, 2.05) is 0 Å². The van der Waals surface area contributed by atoms with Gasteiger partial charge in [0, 0.05) is 7.05 Å². The van der Waals surface area contributed by atoms with Crippen molar-refractivity contribution in [3.05, 3.63) is 45.8 Å². The van der Waals surface area contributed by atoms with E-state index in [-0.39, 0.29) is 21.4 Å². The Morgan fingerprint density at radius 2 is 1.85 bits per heavy atom. The quantitative estimate of drug-likeness (QED) is 0.912. The van der Waals surface area contributed by atoms with Gasteiger partial charge in [-0.15, -0.1) is 10.2 Å². The Morgan fingerprint density at radius 3 is 2.35 bits per heavy atom. The lowest BCUT2D eigenvalue weighted by Crippen LogP contribution is -2.15. The number of halogens is 3. The third kappa shape index (κ3) is 3.15. The summed E-state index contributed by atoms with van der Waals surface area (Å²) in [7, 11) is 1.68. The first kappa shape index (κ1) is 14.5. The minimum absolute atomic E-state index is 0.00292. The van der Waals surface area contributed by atoms with Gasteiger partial charge in [0.1, 0.15) is 11.6 Å². The normalized spacial score (nSPS) is 10.2. The average Bonchev–Trinajstić information content (AvgIpc) is 2.42. The van der Waals surface area contributed by atoms with Gasteiger partial charge in [-0.3, -0.25) is 4.79 Å². The topological polar surface area (TPSA) is 66.9 Å². The van der Waals surface area contributed by atoms with Gasteiger partial charge in [-0.05, 0) is 24.3 Å². The van der Waals surface area contributed by atoms with E-state index in [4.69, 9.17) is 23.2 Å². The molecule has 5 nitrogen and oxygen atoms in total. The molecule has 2 rings (SSSR count). The van der Waals surface area contributed by atoms with Gasteiger partial charge in [-0.25, -0.2) is 4.39 Å². The fraction of sp³-hybridized carbons (Fsp3) is 0.0833. The molecule has 0 bridgehead atoms. The molecule has 20 heavy (non-hydrogen) atoms. The summed E-state index contributed by atoms with van der Waals surface area (Å²) in [4.78, 5) is 12.0. The predicted molar refractivity (Wildman–Crippen MR) is 76.0 cm³/mol. The molecule has 0 aliphatic heterocycles. The minimum atomic E-state index is -0.587. The average molecular weight is 315 g/mol. The van der Waals surface area contributed by atoms with Gasteiger partial charge in [0.2, 0.25) is 0 Å². The third-order valence-electron chi connectivity index (χ3n) is 2.40. The van der Waals surface area contributed by atoms with Crippen molar-refractivity contribution in [1.82, 2.24) is 10.2 Å². The predicted octanol–water partition coefficient (Wildman–Crippen LogP) is 3.22. The molecule has 1 amide bonds. The maximum absolute atomic E-state index is 13.0. The molecule has 0 saturated carbocycles. The van der Waals surface area contributed by atoms with Crippen LogP contribution in [0, 0.1) is 5.82 Å². The van der Waals surface area contributed by atoms with Crippen LogP contribution in [0.4, 0.5) is 15.9 Å². The number of hydrogen-bond acceptors (Lipinski definition) is 4. The molecular formula is C12H9Cl2FN4O. The molecule has 0 fully saturated rings. The largest absolute Gasteiger partial charge is 0.372 e. The summed E-state index contributed by atoms with van der Waals surface area (Å²) in [6, 6.07) is 5.19. The molecule has 2 N–H and O–H groups in total. The molecule has 0 spiro atoms. The number of rotatable bonds is 3. The minimum Gasteiger partial charge on any atom is -0.372 e. The van der Waals surface area contributed by atoms with E-state index >= 15 is 0 Å². The Kier molecular flexibility index (Phi) is 4.36. The van der Waals surface area contributed by atoms with E-state index in [1.54, 1.807) is 13.1 Å². The highest BCUT2D eigenvalue weighted by molar-refractivity contribution is 6.40. The number of carbonyl (C=O) groups excluding carboxylic acids is 1. The second kappa shape index (κ2) is 6.02. The lowest BCUT2D eigenvalue weighted by atomic mass is 10.3. The van der Waals surface area contributed by atoms with Crippen molar-refractivity contribution in [2.24, 2.45) is 0 Å². The lowest BCUT2D eigenvalue weighted by molar-refractivity contribution is 0.102. The zero-order valence-electron chi connectivity index (χ0n) is 10.2. The molecule has 0 aliphatic rings. The Balaban J connectivity index is 2.23. The summed E-state index contributed by atoms with van der Waals surface area (Å²) in [6.45, 7) is 0. The van der Waals surface area contributed by atoms with Crippen molar-refractivity contribution in [2.45, 2.75) is 0 Å². The van der Waals surface area contributed by atoms with Crippen LogP contribution in [-0.2, 0) is 0 Å². The zero-order valence-corrected chi connectivity index (χ0v) is 11.8. The number of hydrogen-bond donors (Lipinski definition) is 2. The number of nitrogens with one attached hydrogen (secondary N) is 2. The van der Waals surface area contributed by atoms with Gasteiger partial charge in [0.05, 0.1) is 15.7 Å². The first-order valence-electron chi connectivity index (χ1n) is 5.48. The van der Waals surface area contributed by atoms with E-state index in [2.05, 4.69) is 20.8 Å². The maximum atomic E-state index is 13.0. The molecule has 0 aliphatic carbocycles. The molecular weight excluding hydrogens is 306 g/mol. The van der Waals surface area contributed by atoms with Crippen LogP contribution >= 0.6 is 23.2 Å². The molecule has 2 aromatic rings. The summed E-state index contributed by atoms with van der Waals surface area (Å²) in [5.74, 6) is -0.605. The van der Waals surface area contributed by atoms with Crippen molar-refractivity contribution in [2.75, 3.05) is 17.7 Å². The second-order valence-electron chi connectivity index (χ2n) is 3.75. The van der Waals surface area contributed by atoms with Crippen LogP contribution < -0.4 is 10.6 Å². The summed E-state index contributed by atoms with van der Waals surface area (Å²) < 4.78 is 13.0. The number of aromatic nitrogens is 2. The highest BCUT2D eigenvalue weighted by Crippen LogP contribution is 2.31. The molecule has 0 radical (unpaired) electrons. The van der Waals surface area contributed by atoms with Crippen molar-refractivity contribution in [1.29, 1.82) is 0 Å². The lowest BCUT2D eigenvalue weighted by Gasteiger charge is -2.09. The first-order valence-corrected chi connectivity index (χ1v) is 6.24. The number of carbonyl (C=O) groups is 1. The maximum Gasteiger partial charge on any atom is 0.276 e. The summed E-state index contributed by atoms with van der Waals surface area (Å²) in [5.41, 5.74) is 0.208. The molecule has 1 aromatic carbocycles. The molecule has 1 heterocycles. The van der Waals surface area contributed by atoms with Crippen molar-refractivity contribution < 1.29 is 9.18 Å². The number of amides is 1. The van der Waals surface area contributed by atoms with Crippen LogP contribution in [0.15, 0.2) is 24.3 Å². The van der Waals surface area contributed by atoms with E-state index in [1.165, 1.54) is 6.07 Å². The summed E-state index contributed by atoms with van der Waals surface area (Å²) >= 11 is 11.7. The molecule has 0 saturated heterocycles. The Labute approximate surface area is 124 Å². The van der Waals surface area contributed by atoms with E-state index in [0.717, 1.165) is 12.1 Å². The Hall–Kier alpha value is -1.92. The smallest absolute Gasteiger partial charge is 0.276 e. The van der Waals surface area contributed by atoms with Crippen LogP contribution in [-0.4, -0.2) is 23.2 Å². The number of nitrogens with zero attached hydrogens (tertiary/aromatic N) is 2. The molecule has 104 valence electrons. The van der Waals surface area contributed by atoms with E-state index in [0.29, 0.717) is 5.82 Å². The highest BCUT2D eigenvalue weighted by atomic mass is 35.5. The van der Waals surface area contributed by atoms with Crippen LogP contribution in [0.1, 0.15) is 10.5 Å². The van der Waals surface area contributed by atoms with Crippen molar-refractivity contribution >= 4 is 40.6 Å². The molecule has 0 atom stereocenters. The van der Waals surface area contributed by atoms with Gasteiger partial charge >= 0.3 is 0 Å². The number of anilines is 2.